The summed E-state index contributed by atoms with van der Waals surface area (Å²) in [6.07, 6.45) is 1.53. The molecule has 0 aliphatic carbocycles. The number of carbonyl (C=O) groups excluding carboxylic acids is 2. The molecule has 0 atom stereocenters. The third-order valence-corrected chi connectivity index (χ3v) is 7.90. The number of nitrogens with one attached hydrogen (secondary N) is 1. The van der Waals surface area contributed by atoms with Crippen LogP contribution in [0, 0.1) is 0 Å². The highest BCUT2D eigenvalue weighted by molar-refractivity contribution is 7.89. The zero-order valence-corrected chi connectivity index (χ0v) is 19.2. The van der Waals surface area contributed by atoms with E-state index in [1.54, 1.807) is 25.3 Å². The maximum Gasteiger partial charge on any atom is 0.342 e. The van der Waals surface area contributed by atoms with Gasteiger partial charge in [-0.3, -0.25) is 10.1 Å². The summed E-state index contributed by atoms with van der Waals surface area (Å²) < 4.78 is 37.7. The van der Waals surface area contributed by atoms with Gasteiger partial charge in [0.2, 0.25) is 10.0 Å². The Morgan fingerprint density at radius 1 is 1.18 bits per heavy atom. The molecule has 4 rings (SSSR count). The average molecular weight is 492 g/mol. The second kappa shape index (κ2) is 9.33. The highest BCUT2D eigenvalue weighted by Gasteiger charge is 2.29. The zero-order chi connectivity index (χ0) is 23.6. The molecule has 174 valence electrons. The predicted octanol–water partition coefficient (Wildman–Crippen LogP) is 2.59. The number of phenolic OH excluding ortho intramolecular Hbond substituents is 1. The van der Waals surface area contributed by atoms with Gasteiger partial charge in [0.1, 0.15) is 17.1 Å². The normalized spacial score (nSPS) is 14.3. The van der Waals surface area contributed by atoms with Crippen LogP contribution < -0.4 is 10.1 Å². The van der Waals surface area contributed by atoms with Gasteiger partial charge in [-0.2, -0.15) is 4.31 Å². The number of sulfonamides is 1. The molecule has 1 aliphatic rings. The SMILES string of the molecule is COc1ccc2nc(NC(=O)COC(=O)c3cc(S(=O)(=O)N4CCCC4)ccc3O)sc2c1. The summed E-state index contributed by atoms with van der Waals surface area (Å²) in [4.78, 5) is 28.8. The summed E-state index contributed by atoms with van der Waals surface area (Å²) in [6, 6.07) is 8.70. The molecule has 33 heavy (non-hydrogen) atoms. The first-order valence-electron chi connectivity index (χ1n) is 10.0. The molecule has 3 aromatic rings. The van der Waals surface area contributed by atoms with Crippen LogP contribution in [0.2, 0.25) is 0 Å². The van der Waals surface area contributed by atoms with Crippen molar-refractivity contribution in [2.24, 2.45) is 0 Å². The van der Waals surface area contributed by atoms with Gasteiger partial charge in [-0.15, -0.1) is 0 Å². The van der Waals surface area contributed by atoms with Crippen molar-refractivity contribution in [1.82, 2.24) is 9.29 Å². The molecule has 1 fully saturated rings. The number of methoxy groups -OCH3 is 1. The molecule has 10 nitrogen and oxygen atoms in total. The van der Waals surface area contributed by atoms with Gasteiger partial charge in [0, 0.05) is 13.1 Å². The number of rotatable bonds is 7. The molecule has 0 unspecified atom stereocenters. The number of hydrogen-bond acceptors (Lipinski definition) is 9. The van der Waals surface area contributed by atoms with E-state index in [0.29, 0.717) is 29.5 Å². The van der Waals surface area contributed by atoms with Gasteiger partial charge < -0.3 is 14.6 Å². The van der Waals surface area contributed by atoms with Crippen LogP contribution in [0.5, 0.6) is 11.5 Å². The quantitative estimate of drug-likeness (QED) is 0.482. The van der Waals surface area contributed by atoms with E-state index in [4.69, 9.17) is 9.47 Å². The number of ether oxygens (including phenoxy) is 2. The minimum atomic E-state index is -3.78. The standard InChI is InChI=1S/C21H21N3O7S2/c1-30-13-4-6-16-18(10-13)32-21(22-16)23-19(26)12-31-20(27)15-11-14(5-7-17(15)25)33(28,29)24-8-2-3-9-24/h4-7,10-11,25H,2-3,8-9,12H2,1H3,(H,22,23,26). The molecule has 2 aromatic carbocycles. The van der Waals surface area contributed by atoms with Gasteiger partial charge in [-0.05, 0) is 49.2 Å². The zero-order valence-electron chi connectivity index (χ0n) is 17.6. The van der Waals surface area contributed by atoms with Crippen LogP contribution >= 0.6 is 11.3 Å². The summed E-state index contributed by atoms with van der Waals surface area (Å²) in [5.74, 6) is -1.43. The minimum absolute atomic E-state index is 0.122. The van der Waals surface area contributed by atoms with Gasteiger partial charge in [-0.25, -0.2) is 18.2 Å². The van der Waals surface area contributed by atoms with E-state index in [2.05, 4.69) is 10.3 Å². The van der Waals surface area contributed by atoms with Crippen LogP contribution in [0.4, 0.5) is 5.13 Å². The first-order chi connectivity index (χ1) is 15.8. The summed E-state index contributed by atoms with van der Waals surface area (Å²) in [5, 5.41) is 12.9. The van der Waals surface area contributed by atoms with Crippen molar-refractivity contribution in [3.05, 3.63) is 42.0 Å². The van der Waals surface area contributed by atoms with Gasteiger partial charge in [0.05, 0.1) is 22.2 Å². The van der Waals surface area contributed by atoms with Gasteiger partial charge in [0.15, 0.2) is 11.7 Å². The molecule has 0 bridgehead atoms. The van der Waals surface area contributed by atoms with E-state index in [1.807, 2.05) is 0 Å². The van der Waals surface area contributed by atoms with E-state index < -0.39 is 34.3 Å². The van der Waals surface area contributed by atoms with Crippen molar-refractivity contribution in [2.45, 2.75) is 17.7 Å². The first kappa shape index (κ1) is 23.0. The number of anilines is 1. The number of aromatic nitrogens is 1. The summed E-state index contributed by atoms with van der Waals surface area (Å²) >= 11 is 1.23. The van der Waals surface area contributed by atoms with E-state index in [0.717, 1.165) is 29.7 Å². The third-order valence-electron chi connectivity index (χ3n) is 5.07. The molecule has 2 N–H and O–H groups in total. The molecule has 0 radical (unpaired) electrons. The van der Waals surface area contributed by atoms with Crippen LogP contribution in [0.25, 0.3) is 10.2 Å². The number of nitrogens with zero attached hydrogens (tertiary/aromatic N) is 2. The molecule has 0 spiro atoms. The predicted molar refractivity (Wildman–Crippen MR) is 121 cm³/mol. The number of hydrogen-bond donors (Lipinski definition) is 2. The largest absolute Gasteiger partial charge is 0.507 e. The Labute approximate surface area is 193 Å². The third kappa shape index (κ3) is 4.92. The van der Waals surface area contributed by atoms with Crippen LogP contribution in [-0.4, -0.2) is 61.5 Å². The lowest BCUT2D eigenvalue weighted by Crippen LogP contribution is -2.28. The van der Waals surface area contributed by atoms with Crippen molar-refractivity contribution in [1.29, 1.82) is 0 Å². The van der Waals surface area contributed by atoms with Gasteiger partial charge in [-0.1, -0.05) is 11.3 Å². The van der Waals surface area contributed by atoms with E-state index in [1.165, 1.54) is 21.7 Å². The monoisotopic (exact) mass is 491 g/mol. The number of fused-ring (bicyclic) bond motifs is 1. The van der Waals surface area contributed by atoms with E-state index >= 15 is 0 Å². The van der Waals surface area contributed by atoms with Crippen molar-refractivity contribution < 1.29 is 32.6 Å². The Morgan fingerprint density at radius 2 is 1.94 bits per heavy atom. The lowest BCUT2D eigenvalue weighted by atomic mass is 10.2. The van der Waals surface area contributed by atoms with Crippen molar-refractivity contribution in [2.75, 3.05) is 32.1 Å². The molecule has 1 aliphatic heterocycles. The highest BCUT2D eigenvalue weighted by atomic mass is 32.2. The Bertz CT molecular complexity index is 1310. The number of aromatic hydroxyl groups is 1. The first-order valence-corrected chi connectivity index (χ1v) is 12.3. The summed E-state index contributed by atoms with van der Waals surface area (Å²) in [5.41, 5.74) is 0.337. The molecular weight excluding hydrogens is 470 g/mol. The fraction of sp³-hybridized carbons (Fsp3) is 0.286. The second-order valence-corrected chi connectivity index (χ2v) is 10.2. The van der Waals surface area contributed by atoms with E-state index in [-0.39, 0.29) is 10.5 Å². The lowest BCUT2D eigenvalue weighted by molar-refractivity contribution is -0.119. The molecule has 1 amide bonds. The number of carbonyl (C=O) groups is 2. The lowest BCUT2D eigenvalue weighted by Gasteiger charge is -2.16. The summed E-state index contributed by atoms with van der Waals surface area (Å²) in [6.45, 7) is 0.171. The number of phenols is 1. The van der Waals surface area contributed by atoms with Crippen LogP contribution in [0.15, 0.2) is 41.3 Å². The maximum absolute atomic E-state index is 12.7. The molecule has 1 saturated heterocycles. The fourth-order valence-corrected chi connectivity index (χ4v) is 5.82. The smallest absolute Gasteiger partial charge is 0.342 e. The Morgan fingerprint density at radius 3 is 2.67 bits per heavy atom. The second-order valence-electron chi connectivity index (χ2n) is 7.27. The van der Waals surface area contributed by atoms with Crippen molar-refractivity contribution >= 4 is 48.6 Å². The molecule has 2 heterocycles. The molecular formula is C21H21N3O7S2. The van der Waals surface area contributed by atoms with Crippen molar-refractivity contribution in [3.8, 4) is 11.5 Å². The Balaban J connectivity index is 1.41. The van der Waals surface area contributed by atoms with Crippen LogP contribution in [-0.2, 0) is 19.6 Å². The number of amides is 1. The van der Waals surface area contributed by atoms with Gasteiger partial charge >= 0.3 is 5.97 Å². The highest BCUT2D eigenvalue weighted by Crippen LogP contribution is 2.29. The number of thiazole rings is 1. The number of esters is 1. The molecule has 0 saturated carbocycles. The number of benzene rings is 2. The maximum atomic E-state index is 12.7. The Hall–Kier alpha value is -3.22. The Kier molecular flexibility index (Phi) is 6.49. The molecule has 1 aromatic heterocycles. The van der Waals surface area contributed by atoms with Crippen molar-refractivity contribution in [3.63, 3.8) is 0 Å². The fourth-order valence-electron chi connectivity index (χ4n) is 3.37. The van der Waals surface area contributed by atoms with Crippen LogP contribution in [0.1, 0.15) is 23.2 Å². The van der Waals surface area contributed by atoms with Crippen LogP contribution in [0.3, 0.4) is 0 Å². The topological polar surface area (TPSA) is 135 Å². The van der Waals surface area contributed by atoms with E-state index in [9.17, 15) is 23.1 Å². The van der Waals surface area contributed by atoms with Gasteiger partial charge in [0.25, 0.3) is 5.91 Å². The average Bonchev–Trinajstić information content (AvgIpc) is 3.47. The minimum Gasteiger partial charge on any atom is -0.507 e. The molecule has 12 heteroatoms. The summed E-state index contributed by atoms with van der Waals surface area (Å²) in [7, 11) is -2.23.